The maximum absolute atomic E-state index is 10.6. The highest BCUT2D eigenvalue weighted by molar-refractivity contribution is 7.13. The summed E-state index contributed by atoms with van der Waals surface area (Å²) in [6, 6.07) is 5.72. The van der Waals surface area contributed by atoms with E-state index in [0.717, 1.165) is 27.8 Å². The second-order valence-electron chi connectivity index (χ2n) is 4.78. The molecule has 1 aliphatic rings. The minimum absolute atomic E-state index is 0.00309. The topological polar surface area (TPSA) is 71.9 Å². The number of rotatable bonds is 5. The van der Waals surface area contributed by atoms with Crippen molar-refractivity contribution in [2.24, 2.45) is 0 Å². The summed E-state index contributed by atoms with van der Waals surface area (Å²) in [6.45, 7) is 0.756. The van der Waals surface area contributed by atoms with E-state index in [9.17, 15) is 4.79 Å². The lowest BCUT2D eigenvalue weighted by molar-refractivity contribution is -0.138. The highest BCUT2D eigenvalue weighted by atomic mass is 32.1. The molecule has 0 saturated carbocycles. The molecule has 0 amide bonds. The van der Waals surface area contributed by atoms with Gasteiger partial charge in [0.05, 0.1) is 12.2 Å². The first-order valence-electron chi connectivity index (χ1n) is 6.36. The van der Waals surface area contributed by atoms with Crippen molar-refractivity contribution in [3.8, 4) is 22.1 Å². The predicted octanol–water partition coefficient (Wildman–Crippen LogP) is 2.06. The SMILES string of the molecule is CN(CC(=O)O)Cc1csc(-c2ccc3c(c2)OCO3)n1. The summed E-state index contributed by atoms with van der Waals surface area (Å²) in [5.41, 5.74) is 1.83. The Bertz CT molecular complexity index is 671. The maximum Gasteiger partial charge on any atom is 0.317 e. The van der Waals surface area contributed by atoms with Gasteiger partial charge in [0.25, 0.3) is 0 Å². The Labute approximate surface area is 125 Å². The Balaban J connectivity index is 1.74. The van der Waals surface area contributed by atoms with Crippen LogP contribution in [0, 0.1) is 0 Å². The smallest absolute Gasteiger partial charge is 0.317 e. The van der Waals surface area contributed by atoms with Gasteiger partial charge in [0.1, 0.15) is 5.01 Å². The number of hydrogen-bond donors (Lipinski definition) is 1. The number of carboxylic acids is 1. The van der Waals surface area contributed by atoms with Gasteiger partial charge >= 0.3 is 5.97 Å². The van der Waals surface area contributed by atoms with Crippen LogP contribution in [0.3, 0.4) is 0 Å². The fraction of sp³-hybridized carbons (Fsp3) is 0.286. The van der Waals surface area contributed by atoms with E-state index in [1.54, 1.807) is 11.9 Å². The van der Waals surface area contributed by atoms with Crippen LogP contribution < -0.4 is 9.47 Å². The molecule has 1 aromatic heterocycles. The Hall–Kier alpha value is -2.12. The second-order valence-corrected chi connectivity index (χ2v) is 5.64. The molecule has 21 heavy (non-hydrogen) atoms. The molecule has 1 N–H and O–H groups in total. The van der Waals surface area contributed by atoms with Crippen molar-refractivity contribution in [1.82, 2.24) is 9.88 Å². The summed E-state index contributed by atoms with van der Waals surface area (Å²) < 4.78 is 10.6. The molecule has 0 atom stereocenters. The van der Waals surface area contributed by atoms with Gasteiger partial charge in [-0.2, -0.15) is 0 Å². The molecule has 0 radical (unpaired) electrons. The average Bonchev–Trinajstić information content (AvgIpc) is 3.04. The number of thiazole rings is 1. The quantitative estimate of drug-likeness (QED) is 0.911. The summed E-state index contributed by atoms with van der Waals surface area (Å²) >= 11 is 1.53. The highest BCUT2D eigenvalue weighted by Gasteiger charge is 2.15. The number of carbonyl (C=O) groups is 1. The molecule has 110 valence electrons. The third-order valence-corrected chi connectivity index (χ3v) is 3.95. The molecule has 0 fully saturated rings. The van der Waals surface area contributed by atoms with Crippen LogP contribution in [0.25, 0.3) is 10.6 Å². The van der Waals surface area contributed by atoms with Crippen molar-refractivity contribution in [2.75, 3.05) is 20.4 Å². The summed E-state index contributed by atoms with van der Waals surface area (Å²) in [7, 11) is 1.76. The zero-order valence-electron chi connectivity index (χ0n) is 11.4. The number of carboxylic acid groups (broad SMARTS) is 1. The van der Waals surface area contributed by atoms with E-state index in [0.29, 0.717) is 6.54 Å². The molecule has 0 unspecified atom stereocenters. The number of aromatic nitrogens is 1. The van der Waals surface area contributed by atoms with Gasteiger partial charge in [-0.05, 0) is 25.2 Å². The van der Waals surface area contributed by atoms with Gasteiger partial charge in [-0.15, -0.1) is 11.3 Å². The molecule has 1 aliphatic heterocycles. The number of likely N-dealkylation sites (N-methyl/N-ethyl adjacent to an activating group) is 1. The first-order chi connectivity index (χ1) is 10.1. The predicted molar refractivity (Wildman–Crippen MR) is 77.6 cm³/mol. The fourth-order valence-electron chi connectivity index (χ4n) is 2.11. The standard InChI is InChI=1S/C14H14N2O4S/c1-16(6-13(17)18)5-10-7-21-14(15-10)9-2-3-11-12(4-9)20-8-19-11/h2-4,7H,5-6,8H2,1H3,(H,17,18). The summed E-state index contributed by atoms with van der Waals surface area (Å²) in [5.74, 6) is 0.632. The zero-order valence-corrected chi connectivity index (χ0v) is 12.2. The van der Waals surface area contributed by atoms with E-state index in [1.165, 1.54) is 11.3 Å². The Kier molecular flexibility index (Phi) is 3.76. The van der Waals surface area contributed by atoms with Gasteiger partial charge in [0, 0.05) is 17.5 Å². The first-order valence-corrected chi connectivity index (χ1v) is 7.24. The van der Waals surface area contributed by atoms with Crippen LogP contribution in [-0.4, -0.2) is 41.3 Å². The van der Waals surface area contributed by atoms with Crippen LogP contribution in [0.5, 0.6) is 11.5 Å². The van der Waals surface area contributed by atoms with Crippen LogP contribution in [0.2, 0.25) is 0 Å². The fourth-order valence-corrected chi connectivity index (χ4v) is 2.91. The van der Waals surface area contributed by atoms with Gasteiger partial charge in [-0.3, -0.25) is 9.69 Å². The monoisotopic (exact) mass is 306 g/mol. The van der Waals surface area contributed by atoms with Crippen molar-refractivity contribution in [1.29, 1.82) is 0 Å². The molecule has 0 bridgehead atoms. The van der Waals surface area contributed by atoms with Crippen LogP contribution in [0.1, 0.15) is 5.69 Å². The number of aliphatic carboxylic acids is 1. The molecule has 0 spiro atoms. The highest BCUT2D eigenvalue weighted by Crippen LogP contribution is 2.36. The largest absolute Gasteiger partial charge is 0.480 e. The van der Waals surface area contributed by atoms with Gasteiger partial charge in [-0.25, -0.2) is 4.98 Å². The molecule has 0 aliphatic carbocycles. The lowest BCUT2D eigenvalue weighted by atomic mass is 10.2. The molecule has 0 saturated heterocycles. The van der Waals surface area contributed by atoms with E-state index in [1.807, 2.05) is 23.6 Å². The third-order valence-electron chi connectivity index (χ3n) is 3.01. The number of fused-ring (bicyclic) bond motifs is 1. The minimum Gasteiger partial charge on any atom is -0.480 e. The van der Waals surface area contributed by atoms with Crippen LogP contribution in [0.4, 0.5) is 0 Å². The van der Waals surface area contributed by atoms with Crippen molar-refractivity contribution in [3.05, 3.63) is 29.3 Å². The van der Waals surface area contributed by atoms with Gasteiger partial charge < -0.3 is 14.6 Å². The summed E-state index contributed by atoms with van der Waals surface area (Å²) in [6.07, 6.45) is 0. The number of benzene rings is 1. The number of hydrogen-bond acceptors (Lipinski definition) is 6. The molecule has 1 aromatic carbocycles. The van der Waals surface area contributed by atoms with Crippen molar-refractivity contribution in [3.63, 3.8) is 0 Å². The number of ether oxygens (including phenoxy) is 2. The van der Waals surface area contributed by atoms with E-state index < -0.39 is 5.97 Å². The Morgan fingerprint density at radius 2 is 2.24 bits per heavy atom. The number of nitrogens with zero attached hydrogens (tertiary/aromatic N) is 2. The van der Waals surface area contributed by atoms with Gasteiger partial charge in [0.15, 0.2) is 11.5 Å². The normalized spacial score (nSPS) is 12.9. The molecule has 2 aromatic rings. The third kappa shape index (κ3) is 3.14. The Morgan fingerprint density at radius 3 is 3.05 bits per heavy atom. The first kappa shape index (κ1) is 13.8. The van der Waals surface area contributed by atoms with Crippen molar-refractivity contribution >= 4 is 17.3 Å². The van der Waals surface area contributed by atoms with E-state index >= 15 is 0 Å². The molecule has 6 nitrogen and oxygen atoms in total. The van der Waals surface area contributed by atoms with Gasteiger partial charge in [-0.1, -0.05) is 0 Å². The van der Waals surface area contributed by atoms with Crippen molar-refractivity contribution < 1.29 is 19.4 Å². The van der Waals surface area contributed by atoms with Crippen LogP contribution in [0.15, 0.2) is 23.6 Å². The molecule has 2 heterocycles. The Morgan fingerprint density at radius 1 is 1.43 bits per heavy atom. The second kappa shape index (κ2) is 5.71. The maximum atomic E-state index is 10.6. The average molecular weight is 306 g/mol. The summed E-state index contributed by atoms with van der Waals surface area (Å²) in [5, 5.41) is 11.6. The van der Waals surface area contributed by atoms with E-state index in [-0.39, 0.29) is 13.3 Å². The van der Waals surface area contributed by atoms with Gasteiger partial charge in [0.2, 0.25) is 6.79 Å². The zero-order chi connectivity index (χ0) is 14.8. The molecule has 3 rings (SSSR count). The molecule has 7 heteroatoms. The lowest BCUT2D eigenvalue weighted by Gasteiger charge is -2.11. The molecular weight excluding hydrogens is 292 g/mol. The minimum atomic E-state index is -0.844. The van der Waals surface area contributed by atoms with Crippen LogP contribution in [-0.2, 0) is 11.3 Å². The van der Waals surface area contributed by atoms with E-state index in [2.05, 4.69) is 4.98 Å². The van der Waals surface area contributed by atoms with E-state index in [4.69, 9.17) is 14.6 Å². The lowest BCUT2D eigenvalue weighted by Crippen LogP contribution is -2.25. The summed E-state index contributed by atoms with van der Waals surface area (Å²) in [4.78, 5) is 16.9. The van der Waals surface area contributed by atoms with Crippen LogP contribution >= 0.6 is 11.3 Å². The van der Waals surface area contributed by atoms with Crippen molar-refractivity contribution in [2.45, 2.75) is 6.54 Å². The molecular formula is C14H14N2O4S.